The highest BCUT2D eigenvalue weighted by Gasteiger charge is 2.58. The van der Waals surface area contributed by atoms with E-state index in [9.17, 15) is 4.79 Å². The molecule has 0 aromatic rings. The summed E-state index contributed by atoms with van der Waals surface area (Å²) in [5.74, 6) is 0.936. The summed E-state index contributed by atoms with van der Waals surface area (Å²) in [5, 5.41) is 3.24. The fraction of sp³-hybridized carbons (Fsp3) is 0.737. The summed E-state index contributed by atoms with van der Waals surface area (Å²) in [7, 11) is 0. The molecule has 1 heterocycles. The monoisotopic (exact) mass is 301 g/mol. The third kappa shape index (κ3) is 1.97. The van der Waals surface area contributed by atoms with E-state index in [4.69, 9.17) is 4.74 Å². The lowest BCUT2D eigenvalue weighted by Crippen LogP contribution is -2.63. The van der Waals surface area contributed by atoms with Crippen molar-refractivity contribution in [1.29, 1.82) is 0 Å². The summed E-state index contributed by atoms with van der Waals surface area (Å²) < 4.78 is 5.64. The molecule has 3 aliphatic carbocycles. The SMILES string of the molecule is CC1(C)CC2=CC3(C)CC(C)(C)CC4(C3)NC(=O)OC(=C24)C1. The minimum absolute atomic E-state index is 0.168. The molecule has 2 bridgehead atoms. The Morgan fingerprint density at radius 1 is 1.00 bits per heavy atom. The molecule has 1 saturated carbocycles. The van der Waals surface area contributed by atoms with Crippen LogP contribution in [0.5, 0.6) is 0 Å². The van der Waals surface area contributed by atoms with E-state index in [0.717, 1.165) is 31.4 Å². The van der Waals surface area contributed by atoms with Crippen LogP contribution >= 0.6 is 0 Å². The molecule has 2 atom stereocenters. The minimum Gasteiger partial charge on any atom is -0.414 e. The number of amides is 1. The number of nitrogens with one attached hydrogen (secondary N) is 1. The van der Waals surface area contributed by atoms with E-state index in [2.05, 4.69) is 46.0 Å². The second kappa shape index (κ2) is 3.80. The van der Waals surface area contributed by atoms with E-state index in [1.165, 1.54) is 17.6 Å². The van der Waals surface area contributed by atoms with Gasteiger partial charge in [-0.25, -0.2) is 4.79 Å². The topological polar surface area (TPSA) is 38.3 Å². The molecule has 4 rings (SSSR count). The highest BCUT2D eigenvalue weighted by molar-refractivity contribution is 5.75. The minimum atomic E-state index is -0.252. The first kappa shape index (κ1) is 14.3. The maximum atomic E-state index is 12.3. The van der Waals surface area contributed by atoms with Crippen LogP contribution in [0.1, 0.15) is 66.7 Å². The Kier molecular flexibility index (Phi) is 2.48. The van der Waals surface area contributed by atoms with Gasteiger partial charge in [0, 0.05) is 12.0 Å². The smallest absolute Gasteiger partial charge is 0.412 e. The molecule has 1 aliphatic heterocycles. The molecule has 22 heavy (non-hydrogen) atoms. The van der Waals surface area contributed by atoms with Gasteiger partial charge < -0.3 is 10.1 Å². The normalized spacial score (nSPS) is 41.1. The van der Waals surface area contributed by atoms with Crippen molar-refractivity contribution < 1.29 is 9.53 Å². The average Bonchev–Trinajstić information content (AvgIpc) is 2.18. The molecule has 1 amide bonds. The van der Waals surface area contributed by atoms with E-state index < -0.39 is 0 Å². The van der Waals surface area contributed by atoms with Gasteiger partial charge in [0.05, 0.1) is 5.54 Å². The van der Waals surface area contributed by atoms with Crippen LogP contribution in [0, 0.1) is 16.2 Å². The third-order valence-electron chi connectivity index (χ3n) is 5.83. The summed E-state index contributed by atoms with van der Waals surface area (Å²) in [4.78, 5) is 12.3. The summed E-state index contributed by atoms with van der Waals surface area (Å²) in [6.07, 6.45) is 7.42. The van der Waals surface area contributed by atoms with Crippen LogP contribution in [-0.2, 0) is 4.74 Å². The average molecular weight is 301 g/mol. The van der Waals surface area contributed by atoms with Gasteiger partial charge in [0.1, 0.15) is 5.76 Å². The van der Waals surface area contributed by atoms with Crippen LogP contribution in [0.2, 0.25) is 0 Å². The van der Waals surface area contributed by atoms with Crippen molar-refractivity contribution in [3.63, 3.8) is 0 Å². The summed E-state index contributed by atoms with van der Waals surface area (Å²) >= 11 is 0. The highest BCUT2D eigenvalue weighted by Crippen LogP contribution is 2.62. The highest BCUT2D eigenvalue weighted by atomic mass is 16.6. The van der Waals surface area contributed by atoms with E-state index in [1.54, 1.807) is 0 Å². The Morgan fingerprint density at radius 2 is 1.73 bits per heavy atom. The predicted octanol–water partition coefficient (Wildman–Crippen LogP) is 4.70. The molecule has 120 valence electrons. The molecule has 0 aromatic heterocycles. The second-order valence-corrected chi connectivity index (χ2v) is 9.93. The number of alkyl carbamates (subject to hydrolysis) is 1. The molecule has 2 unspecified atom stereocenters. The van der Waals surface area contributed by atoms with Crippen molar-refractivity contribution in [3.05, 3.63) is 23.0 Å². The van der Waals surface area contributed by atoms with Gasteiger partial charge in [-0.05, 0) is 47.5 Å². The largest absolute Gasteiger partial charge is 0.414 e. The molecule has 3 nitrogen and oxygen atoms in total. The lowest BCUT2D eigenvalue weighted by Gasteiger charge is -2.59. The number of ether oxygens (including phenoxy) is 1. The van der Waals surface area contributed by atoms with E-state index >= 15 is 0 Å². The Labute approximate surface area is 133 Å². The molecule has 1 N–H and O–H groups in total. The number of carbonyl (C=O) groups excluding carboxylic acids is 1. The van der Waals surface area contributed by atoms with Crippen LogP contribution in [0.15, 0.2) is 23.0 Å². The standard InChI is InChI=1S/C19H27NO2/c1-16(2)6-12-7-18(5)9-17(3,4)10-19(11-18)14(12)13(8-16)22-15(21)20-19/h7H,6,8-11H2,1-5H3,(H,20,21). The number of rotatable bonds is 0. The van der Waals surface area contributed by atoms with Crippen molar-refractivity contribution in [2.45, 2.75) is 72.3 Å². The fourth-order valence-corrected chi connectivity index (χ4v) is 6.12. The van der Waals surface area contributed by atoms with Gasteiger partial charge in [0.25, 0.3) is 0 Å². The quantitative estimate of drug-likeness (QED) is 0.704. The first-order chi connectivity index (χ1) is 10.0. The van der Waals surface area contributed by atoms with Crippen molar-refractivity contribution in [2.75, 3.05) is 0 Å². The van der Waals surface area contributed by atoms with E-state index in [1.807, 2.05) is 0 Å². The van der Waals surface area contributed by atoms with Gasteiger partial charge in [-0.2, -0.15) is 0 Å². The molecule has 0 saturated heterocycles. The van der Waals surface area contributed by atoms with E-state index in [0.29, 0.717) is 0 Å². The van der Waals surface area contributed by atoms with Gasteiger partial charge in [-0.15, -0.1) is 0 Å². The van der Waals surface area contributed by atoms with Gasteiger partial charge >= 0.3 is 6.09 Å². The van der Waals surface area contributed by atoms with Crippen LogP contribution < -0.4 is 5.32 Å². The molecule has 0 aromatic carbocycles. The maximum absolute atomic E-state index is 12.3. The lowest BCUT2D eigenvalue weighted by molar-refractivity contribution is 0.0344. The van der Waals surface area contributed by atoms with Crippen molar-refractivity contribution in [1.82, 2.24) is 5.32 Å². The molecule has 1 spiro atoms. The fourth-order valence-electron chi connectivity index (χ4n) is 6.12. The van der Waals surface area contributed by atoms with Crippen molar-refractivity contribution in [2.24, 2.45) is 16.2 Å². The molecular weight excluding hydrogens is 274 g/mol. The van der Waals surface area contributed by atoms with Crippen molar-refractivity contribution in [3.8, 4) is 0 Å². The molecule has 1 fully saturated rings. The third-order valence-corrected chi connectivity index (χ3v) is 5.83. The summed E-state index contributed by atoms with van der Waals surface area (Å²) in [6.45, 7) is 11.6. The second-order valence-electron chi connectivity index (χ2n) is 9.93. The maximum Gasteiger partial charge on any atom is 0.412 e. The van der Waals surface area contributed by atoms with Gasteiger partial charge in [-0.1, -0.05) is 40.7 Å². The number of hydrogen-bond donors (Lipinski definition) is 1. The Morgan fingerprint density at radius 3 is 2.45 bits per heavy atom. The first-order valence-electron chi connectivity index (χ1n) is 8.48. The zero-order valence-electron chi connectivity index (χ0n) is 14.4. The zero-order valence-corrected chi connectivity index (χ0v) is 14.4. The molecular formula is C19H27NO2. The predicted molar refractivity (Wildman–Crippen MR) is 86.2 cm³/mol. The van der Waals surface area contributed by atoms with Gasteiger partial charge in [-0.3, -0.25) is 0 Å². The van der Waals surface area contributed by atoms with Crippen LogP contribution in [0.25, 0.3) is 0 Å². The molecule has 3 heteroatoms. The number of fused-ring (bicyclic) bond motifs is 1. The van der Waals surface area contributed by atoms with Gasteiger partial charge in [0.2, 0.25) is 0 Å². The van der Waals surface area contributed by atoms with E-state index in [-0.39, 0.29) is 27.9 Å². The van der Waals surface area contributed by atoms with Crippen molar-refractivity contribution >= 4 is 6.09 Å². The Bertz CT molecular complexity index is 640. The van der Waals surface area contributed by atoms with Crippen LogP contribution in [0.3, 0.4) is 0 Å². The number of hydrogen-bond acceptors (Lipinski definition) is 2. The Hall–Kier alpha value is -1.25. The van der Waals surface area contributed by atoms with Gasteiger partial charge in [0.15, 0.2) is 0 Å². The number of carbonyl (C=O) groups is 1. The molecule has 0 radical (unpaired) electrons. The molecule has 4 aliphatic rings. The lowest BCUT2D eigenvalue weighted by atomic mass is 9.50. The first-order valence-corrected chi connectivity index (χ1v) is 8.48. The Balaban J connectivity index is 1.96. The zero-order chi connectivity index (χ0) is 16.0. The summed E-state index contributed by atoms with van der Waals surface area (Å²) in [5.41, 5.74) is 3.10. The summed E-state index contributed by atoms with van der Waals surface area (Å²) in [6, 6.07) is 0. The number of allylic oxidation sites excluding steroid dienone is 2. The van der Waals surface area contributed by atoms with Crippen LogP contribution in [-0.4, -0.2) is 11.6 Å². The van der Waals surface area contributed by atoms with Crippen LogP contribution in [0.4, 0.5) is 4.79 Å².